The molecule has 0 unspecified atom stereocenters. The SMILES string of the molecule is O=C(/C=C/c1ccc(Br)c([N+](=O)[O-])c1)c1cccc(O)c1. The lowest BCUT2D eigenvalue weighted by molar-refractivity contribution is -0.385. The molecule has 0 saturated heterocycles. The predicted octanol–water partition coefficient (Wildman–Crippen LogP) is 3.96. The van der Waals surface area contributed by atoms with Crippen LogP contribution in [0.4, 0.5) is 5.69 Å². The van der Waals surface area contributed by atoms with Crippen LogP contribution in [0.25, 0.3) is 6.08 Å². The first-order chi connectivity index (χ1) is 9.97. The summed E-state index contributed by atoms with van der Waals surface area (Å²) in [5.74, 6) is -0.287. The Balaban J connectivity index is 2.23. The highest BCUT2D eigenvalue weighted by Crippen LogP contribution is 2.26. The summed E-state index contributed by atoms with van der Waals surface area (Å²) >= 11 is 3.10. The summed E-state index contributed by atoms with van der Waals surface area (Å²) in [7, 11) is 0. The molecule has 2 aromatic carbocycles. The highest BCUT2D eigenvalue weighted by atomic mass is 79.9. The van der Waals surface area contributed by atoms with E-state index in [0.717, 1.165) is 0 Å². The van der Waals surface area contributed by atoms with Crippen LogP contribution in [0.2, 0.25) is 0 Å². The van der Waals surface area contributed by atoms with Crippen molar-refractivity contribution in [3.8, 4) is 5.75 Å². The standard InChI is InChI=1S/C15H10BrNO4/c16-13-6-4-10(8-14(13)17(20)21)5-7-15(19)11-2-1-3-12(18)9-11/h1-9,18H/b7-5+. The average molecular weight is 348 g/mol. The molecule has 0 spiro atoms. The van der Waals surface area contributed by atoms with Gasteiger partial charge in [0, 0.05) is 11.6 Å². The molecule has 106 valence electrons. The number of nitro benzene ring substituents is 1. The van der Waals surface area contributed by atoms with Gasteiger partial charge < -0.3 is 5.11 Å². The highest BCUT2D eigenvalue weighted by Gasteiger charge is 2.11. The van der Waals surface area contributed by atoms with E-state index in [2.05, 4.69) is 15.9 Å². The maximum atomic E-state index is 11.9. The van der Waals surface area contributed by atoms with E-state index in [0.29, 0.717) is 15.6 Å². The number of rotatable bonds is 4. The molecule has 0 bridgehead atoms. The van der Waals surface area contributed by atoms with Crippen LogP contribution < -0.4 is 0 Å². The normalized spacial score (nSPS) is 10.7. The summed E-state index contributed by atoms with van der Waals surface area (Å²) in [6, 6.07) is 10.6. The maximum Gasteiger partial charge on any atom is 0.284 e. The van der Waals surface area contributed by atoms with E-state index in [1.807, 2.05) is 0 Å². The van der Waals surface area contributed by atoms with Gasteiger partial charge in [0.1, 0.15) is 5.75 Å². The monoisotopic (exact) mass is 347 g/mol. The van der Waals surface area contributed by atoms with Crippen LogP contribution in [-0.2, 0) is 0 Å². The molecule has 2 aromatic rings. The van der Waals surface area contributed by atoms with Crippen molar-refractivity contribution in [3.63, 3.8) is 0 Å². The van der Waals surface area contributed by atoms with Crippen LogP contribution in [0.5, 0.6) is 5.75 Å². The summed E-state index contributed by atoms with van der Waals surface area (Å²) in [6.45, 7) is 0. The third-order valence-electron chi connectivity index (χ3n) is 2.72. The van der Waals surface area contributed by atoms with Crippen molar-refractivity contribution in [1.29, 1.82) is 0 Å². The zero-order valence-electron chi connectivity index (χ0n) is 10.7. The lowest BCUT2D eigenvalue weighted by atomic mass is 10.1. The molecule has 0 aromatic heterocycles. The Morgan fingerprint density at radius 1 is 1.24 bits per heavy atom. The van der Waals surface area contributed by atoms with Gasteiger partial charge in [-0.15, -0.1) is 0 Å². The molecule has 0 aliphatic carbocycles. The zero-order chi connectivity index (χ0) is 15.4. The number of nitro groups is 1. The molecule has 2 rings (SSSR count). The molecular formula is C15H10BrNO4. The fourth-order valence-electron chi connectivity index (χ4n) is 1.70. The number of ketones is 1. The molecule has 0 aliphatic rings. The molecular weight excluding hydrogens is 338 g/mol. The second-order valence-electron chi connectivity index (χ2n) is 4.22. The summed E-state index contributed by atoms with van der Waals surface area (Å²) in [6.07, 6.45) is 2.80. The van der Waals surface area contributed by atoms with E-state index in [4.69, 9.17) is 0 Å². The molecule has 0 saturated carbocycles. The van der Waals surface area contributed by atoms with Gasteiger partial charge in [0.15, 0.2) is 5.78 Å². The van der Waals surface area contributed by atoms with Crippen LogP contribution in [0.3, 0.4) is 0 Å². The molecule has 5 nitrogen and oxygen atoms in total. The number of benzene rings is 2. The maximum absolute atomic E-state index is 11.9. The van der Waals surface area contributed by atoms with Gasteiger partial charge in [-0.05, 0) is 45.8 Å². The van der Waals surface area contributed by atoms with E-state index in [9.17, 15) is 20.0 Å². The molecule has 0 radical (unpaired) electrons. The van der Waals surface area contributed by atoms with Gasteiger partial charge in [-0.25, -0.2) is 0 Å². The van der Waals surface area contributed by atoms with Crippen molar-refractivity contribution in [2.24, 2.45) is 0 Å². The van der Waals surface area contributed by atoms with E-state index >= 15 is 0 Å². The predicted molar refractivity (Wildman–Crippen MR) is 82.3 cm³/mol. The second-order valence-corrected chi connectivity index (χ2v) is 5.07. The van der Waals surface area contributed by atoms with Gasteiger partial charge in [-0.2, -0.15) is 0 Å². The molecule has 0 heterocycles. The number of carbonyl (C=O) groups excluding carboxylic acids is 1. The minimum Gasteiger partial charge on any atom is -0.508 e. The summed E-state index contributed by atoms with van der Waals surface area (Å²) in [5, 5.41) is 20.1. The number of nitrogens with zero attached hydrogens (tertiary/aromatic N) is 1. The van der Waals surface area contributed by atoms with Gasteiger partial charge in [0.05, 0.1) is 9.40 Å². The Labute approximate surface area is 128 Å². The van der Waals surface area contributed by atoms with Gasteiger partial charge in [-0.3, -0.25) is 14.9 Å². The number of phenols is 1. The number of carbonyl (C=O) groups is 1. The number of aromatic hydroxyl groups is 1. The first kappa shape index (κ1) is 14.9. The quantitative estimate of drug-likeness (QED) is 0.393. The minimum atomic E-state index is -0.502. The number of halogens is 1. The Hall–Kier alpha value is -2.47. The summed E-state index contributed by atoms with van der Waals surface area (Å²) in [5.41, 5.74) is 0.818. The minimum absolute atomic E-state index is 0.00790. The summed E-state index contributed by atoms with van der Waals surface area (Å²) < 4.78 is 0.379. The molecule has 6 heteroatoms. The number of hydrogen-bond donors (Lipinski definition) is 1. The van der Waals surface area contributed by atoms with Crippen molar-refractivity contribution in [1.82, 2.24) is 0 Å². The van der Waals surface area contributed by atoms with Gasteiger partial charge in [-0.1, -0.05) is 24.3 Å². The zero-order valence-corrected chi connectivity index (χ0v) is 12.3. The molecule has 0 fully saturated rings. The van der Waals surface area contributed by atoms with E-state index in [-0.39, 0.29) is 17.2 Å². The Kier molecular flexibility index (Phi) is 4.49. The van der Waals surface area contributed by atoms with Gasteiger partial charge >= 0.3 is 0 Å². The van der Waals surface area contributed by atoms with Gasteiger partial charge in [0.2, 0.25) is 0 Å². The smallest absolute Gasteiger partial charge is 0.284 e. The third kappa shape index (κ3) is 3.76. The molecule has 0 aliphatic heterocycles. The first-order valence-electron chi connectivity index (χ1n) is 5.93. The van der Waals surface area contributed by atoms with Crippen LogP contribution in [0.15, 0.2) is 53.0 Å². The van der Waals surface area contributed by atoms with E-state index < -0.39 is 4.92 Å². The topological polar surface area (TPSA) is 80.4 Å². The Bertz CT molecular complexity index is 740. The van der Waals surface area contributed by atoms with Crippen LogP contribution >= 0.6 is 15.9 Å². The van der Waals surface area contributed by atoms with Gasteiger partial charge in [0.25, 0.3) is 5.69 Å². The average Bonchev–Trinajstić information content (AvgIpc) is 2.45. The first-order valence-corrected chi connectivity index (χ1v) is 6.72. The van der Waals surface area contributed by atoms with Crippen molar-refractivity contribution in [2.45, 2.75) is 0 Å². The third-order valence-corrected chi connectivity index (χ3v) is 3.40. The number of phenolic OH excluding ortho intramolecular Hbond substituents is 1. The fourth-order valence-corrected chi connectivity index (χ4v) is 2.09. The lowest BCUT2D eigenvalue weighted by Crippen LogP contribution is -1.93. The fraction of sp³-hybridized carbons (Fsp3) is 0. The molecule has 0 amide bonds. The van der Waals surface area contributed by atoms with Crippen molar-refractivity contribution in [3.05, 3.63) is 74.3 Å². The number of allylic oxidation sites excluding steroid dienone is 1. The molecule has 21 heavy (non-hydrogen) atoms. The largest absolute Gasteiger partial charge is 0.508 e. The lowest BCUT2D eigenvalue weighted by Gasteiger charge is -1.98. The highest BCUT2D eigenvalue weighted by molar-refractivity contribution is 9.10. The Morgan fingerprint density at radius 3 is 2.67 bits per heavy atom. The van der Waals surface area contributed by atoms with E-state index in [1.54, 1.807) is 24.3 Å². The molecule has 0 atom stereocenters. The number of hydrogen-bond acceptors (Lipinski definition) is 4. The van der Waals surface area contributed by atoms with Crippen LogP contribution in [0.1, 0.15) is 15.9 Å². The molecule has 1 N–H and O–H groups in total. The van der Waals surface area contributed by atoms with Crippen molar-refractivity contribution in [2.75, 3.05) is 0 Å². The Morgan fingerprint density at radius 2 is 2.00 bits per heavy atom. The summed E-state index contributed by atoms with van der Waals surface area (Å²) in [4.78, 5) is 22.2. The second kappa shape index (κ2) is 6.32. The van der Waals surface area contributed by atoms with Crippen molar-refractivity contribution >= 4 is 33.5 Å². The van der Waals surface area contributed by atoms with Crippen LogP contribution in [0, 0.1) is 10.1 Å². The van der Waals surface area contributed by atoms with E-state index in [1.165, 1.54) is 30.4 Å². The van der Waals surface area contributed by atoms with Crippen LogP contribution in [-0.4, -0.2) is 15.8 Å². The van der Waals surface area contributed by atoms with Crippen molar-refractivity contribution < 1.29 is 14.8 Å².